The average Bonchev–Trinajstić information content (AvgIpc) is 2.75. The standard InChI is InChI=1S/C23H17F3N4/c1-16-10-12-18(13-11-16)28-21-29-22(23(24,25)26,17-7-3-2-4-8-17)19(15-27)20-9-5-6-14-30(20)21/h2-14H,1H3,(H,28,29)/t22-/m1/s1. The van der Waals surface area contributed by atoms with Gasteiger partial charge in [0.25, 0.3) is 0 Å². The molecule has 0 aromatic heterocycles. The minimum absolute atomic E-state index is 0.0189. The van der Waals surface area contributed by atoms with Gasteiger partial charge in [-0.25, -0.2) is 4.99 Å². The van der Waals surface area contributed by atoms with E-state index in [4.69, 9.17) is 0 Å². The molecular formula is C23H17F3N4. The van der Waals surface area contributed by atoms with Crippen LogP contribution in [0.15, 0.2) is 95.3 Å². The molecule has 2 aromatic carbocycles. The van der Waals surface area contributed by atoms with Crippen LogP contribution in [0.25, 0.3) is 0 Å². The van der Waals surface area contributed by atoms with E-state index in [1.165, 1.54) is 35.2 Å². The molecule has 2 aliphatic rings. The molecule has 0 fully saturated rings. The second kappa shape index (κ2) is 7.23. The van der Waals surface area contributed by atoms with Crippen molar-refractivity contribution in [1.82, 2.24) is 4.90 Å². The van der Waals surface area contributed by atoms with E-state index in [0.29, 0.717) is 5.69 Å². The summed E-state index contributed by atoms with van der Waals surface area (Å²) >= 11 is 0. The topological polar surface area (TPSA) is 51.4 Å². The molecule has 0 amide bonds. The Morgan fingerprint density at radius 1 is 1.03 bits per heavy atom. The number of rotatable bonds is 2. The number of hydrogen-bond acceptors (Lipinski definition) is 4. The van der Waals surface area contributed by atoms with Gasteiger partial charge in [-0.3, -0.25) is 4.90 Å². The third-order valence-electron chi connectivity index (χ3n) is 5.00. The van der Waals surface area contributed by atoms with Gasteiger partial charge in [0.2, 0.25) is 11.5 Å². The molecule has 2 heterocycles. The average molecular weight is 406 g/mol. The van der Waals surface area contributed by atoms with E-state index < -0.39 is 17.3 Å². The maximum Gasteiger partial charge on any atom is 0.422 e. The summed E-state index contributed by atoms with van der Waals surface area (Å²) in [6.45, 7) is 1.92. The first-order chi connectivity index (χ1) is 14.4. The fraction of sp³-hybridized carbons (Fsp3) is 0.130. The fourth-order valence-electron chi connectivity index (χ4n) is 3.53. The van der Waals surface area contributed by atoms with Gasteiger partial charge in [-0.2, -0.15) is 18.4 Å². The Morgan fingerprint density at radius 2 is 1.73 bits per heavy atom. The van der Waals surface area contributed by atoms with Gasteiger partial charge in [-0.1, -0.05) is 54.1 Å². The molecule has 150 valence electrons. The predicted molar refractivity (Wildman–Crippen MR) is 109 cm³/mol. The van der Waals surface area contributed by atoms with Crippen LogP contribution >= 0.6 is 0 Å². The van der Waals surface area contributed by atoms with Crippen molar-refractivity contribution in [2.75, 3.05) is 5.32 Å². The third kappa shape index (κ3) is 3.07. The van der Waals surface area contributed by atoms with Gasteiger partial charge in [0, 0.05) is 11.9 Å². The number of aliphatic imine (C=N–C) groups is 1. The molecule has 0 saturated heterocycles. The maximum atomic E-state index is 14.7. The largest absolute Gasteiger partial charge is 0.422 e. The van der Waals surface area contributed by atoms with Crippen LogP contribution in [0.5, 0.6) is 0 Å². The van der Waals surface area contributed by atoms with Crippen LogP contribution in [0.4, 0.5) is 18.9 Å². The van der Waals surface area contributed by atoms with Crippen LogP contribution in [0.2, 0.25) is 0 Å². The van der Waals surface area contributed by atoms with Gasteiger partial charge in [-0.15, -0.1) is 0 Å². The van der Waals surface area contributed by atoms with Gasteiger partial charge < -0.3 is 5.32 Å². The number of nitriles is 1. The van der Waals surface area contributed by atoms with Crippen molar-refractivity contribution in [2.45, 2.75) is 18.6 Å². The Labute approximate surface area is 172 Å². The molecule has 4 rings (SSSR count). The number of benzene rings is 2. The lowest BCUT2D eigenvalue weighted by atomic mass is 9.80. The zero-order valence-electron chi connectivity index (χ0n) is 16.0. The summed E-state index contributed by atoms with van der Waals surface area (Å²) in [6, 6.07) is 16.4. The van der Waals surface area contributed by atoms with Gasteiger partial charge in [-0.05, 0) is 36.8 Å². The second-order valence-corrected chi connectivity index (χ2v) is 6.94. The van der Waals surface area contributed by atoms with Crippen LogP contribution in [0.3, 0.4) is 0 Å². The van der Waals surface area contributed by atoms with Crippen LogP contribution in [-0.4, -0.2) is 17.0 Å². The van der Waals surface area contributed by atoms with E-state index in [-0.39, 0.29) is 17.2 Å². The number of hydrogen-bond donors (Lipinski definition) is 1. The Kier molecular flexibility index (Phi) is 4.70. The monoisotopic (exact) mass is 406 g/mol. The van der Waals surface area contributed by atoms with Crippen molar-refractivity contribution in [3.63, 3.8) is 0 Å². The molecule has 2 aliphatic heterocycles. The van der Waals surface area contributed by atoms with Crippen molar-refractivity contribution < 1.29 is 13.2 Å². The number of alkyl halides is 3. The summed E-state index contributed by atoms with van der Waals surface area (Å²) in [5.41, 5.74) is -1.67. The number of allylic oxidation sites excluding steroid dienone is 3. The molecule has 2 aromatic rings. The first-order valence-electron chi connectivity index (χ1n) is 9.21. The number of aryl methyl sites for hydroxylation is 1. The number of anilines is 1. The molecule has 30 heavy (non-hydrogen) atoms. The Hall–Kier alpha value is -3.79. The summed E-state index contributed by atoms with van der Waals surface area (Å²) < 4.78 is 44.0. The number of halogens is 3. The Morgan fingerprint density at radius 3 is 2.37 bits per heavy atom. The molecule has 7 heteroatoms. The highest BCUT2D eigenvalue weighted by Gasteiger charge is 2.62. The van der Waals surface area contributed by atoms with Crippen molar-refractivity contribution in [3.8, 4) is 6.07 Å². The first-order valence-corrected chi connectivity index (χ1v) is 9.21. The van der Waals surface area contributed by atoms with Gasteiger partial charge >= 0.3 is 6.18 Å². The molecule has 0 spiro atoms. The van der Waals surface area contributed by atoms with Crippen LogP contribution in [-0.2, 0) is 5.54 Å². The summed E-state index contributed by atoms with van der Waals surface area (Å²) in [5, 5.41) is 12.8. The lowest BCUT2D eigenvalue weighted by molar-refractivity contribution is -0.177. The van der Waals surface area contributed by atoms with Crippen molar-refractivity contribution in [3.05, 3.63) is 101 Å². The molecule has 4 nitrogen and oxygen atoms in total. The summed E-state index contributed by atoms with van der Waals surface area (Å²) in [4.78, 5) is 5.61. The molecule has 0 aliphatic carbocycles. The Bertz CT molecular complexity index is 1120. The molecule has 0 unspecified atom stereocenters. The lowest BCUT2D eigenvalue weighted by Gasteiger charge is -2.41. The molecule has 1 atom stereocenters. The highest BCUT2D eigenvalue weighted by atomic mass is 19.4. The van der Waals surface area contributed by atoms with Crippen LogP contribution in [0.1, 0.15) is 11.1 Å². The zero-order chi connectivity index (χ0) is 21.4. The smallest absolute Gasteiger partial charge is 0.326 e. The molecule has 1 N–H and O–H groups in total. The lowest BCUT2D eigenvalue weighted by Crippen LogP contribution is -2.50. The first kappa shape index (κ1) is 19.5. The Balaban J connectivity index is 1.97. The van der Waals surface area contributed by atoms with Gasteiger partial charge in [0.05, 0.1) is 11.3 Å². The van der Waals surface area contributed by atoms with Crippen molar-refractivity contribution >= 4 is 11.6 Å². The number of fused-ring (bicyclic) bond motifs is 1. The predicted octanol–water partition coefficient (Wildman–Crippen LogP) is 5.40. The van der Waals surface area contributed by atoms with Crippen molar-refractivity contribution in [1.29, 1.82) is 5.26 Å². The highest BCUT2D eigenvalue weighted by molar-refractivity contribution is 5.98. The molecule has 0 bridgehead atoms. The van der Waals surface area contributed by atoms with Crippen molar-refractivity contribution in [2.24, 2.45) is 4.99 Å². The summed E-state index contributed by atoms with van der Waals surface area (Å²) in [6.07, 6.45) is 1.51. The molecule has 0 saturated carbocycles. The zero-order valence-corrected chi connectivity index (χ0v) is 16.0. The van der Waals surface area contributed by atoms with E-state index >= 15 is 0 Å². The minimum Gasteiger partial charge on any atom is -0.326 e. The van der Waals surface area contributed by atoms with Crippen LogP contribution < -0.4 is 5.32 Å². The molecular weight excluding hydrogens is 389 g/mol. The van der Waals surface area contributed by atoms with E-state index in [9.17, 15) is 18.4 Å². The number of guanidine groups is 1. The fourth-order valence-corrected chi connectivity index (χ4v) is 3.53. The van der Waals surface area contributed by atoms with E-state index in [1.807, 2.05) is 19.1 Å². The van der Waals surface area contributed by atoms with Gasteiger partial charge in [0.15, 0.2) is 0 Å². The van der Waals surface area contributed by atoms with Crippen LogP contribution in [0, 0.1) is 18.3 Å². The van der Waals surface area contributed by atoms with E-state index in [2.05, 4.69) is 10.3 Å². The quantitative estimate of drug-likeness (QED) is 0.727. The SMILES string of the molecule is Cc1ccc(NC2=N[C@@](c3ccccc3)(C(F)(F)F)C(C#N)=C3C=CC=CN23)cc1. The minimum atomic E-state index is -4.84. The summed E-state index contributed by atoms with van der Waals surface area (Å²) in [7, 11) is 0. The number of nitrogens with one attached hydrogen (secondary N) is 1. The molecule has 0 radical (unpaired) electrons. The third-order valence-corrected chi connectivity index (χ3v) is 5.00. The maximum absolute atomic E-state index is 14.7. The summed E-state index contributed by atoms with van der Waals surface area (Å²) in [5.74, 6) is -0.0189. The normalized spacial score (nSPS) is 20.5. The number of nitrogens with zero attached hydrogens (tertiary/aromatic N) is 3. The van der Waals surface area contributed by atoms with Gasteiger partial charge in [0.1, 0.15) is 6.07 Å². The highest BCUT2D eigenvalue weighted by Crippen LogP contribution is 2.51. The second-order valence-electron chi connectivity index (χ2n) is 6.94. The van der Waals surface area contributed by atoms with E-state index in [1.54, 1.807) is 42.6 Å². The van der Waals surface area contributed by atoms with E-state index in [0.717, 1.165) is 5.56 Å².